The van der Waals surface area contributed by atoms with E-state index in [0.717, 1.165) is 12.8 Å². The Morgan fingerprint density at radius 3 is 2.13 bits per heavy atom. The van der Waals surface area contributed by atoms with Gasteiger partial charge in [0.1, 0.15) is 0 Å². The molecule has 1 heterocycles. The maximum absolute atomic E-state index is 11.7. The molecule has 0 aromatic carbocycles. The number of hydrogen-bond donors (Lipinski definition) is 1. The summed E-state index contributed by atoms with van der Waals surface area (Å²) in [5.74, 6) is -0.00338. The Hall–Kier alpha value is -0.570. The van der Waals surface area contributed by atoms with Crippen molar-refractivity contribution < 1.29 is 9.53 Å². The highest BCUT2D eigenvalue weighted by Crippen LogP contribution is 2.33. The molecule has 1 aliphatic heterocycles. The van der Waals surface area contributed by atoms with E-state index in [9.17, 15) is 4.79 Å². The molecular formula is C12H23NO2. The van der Waals surface area contributed by atoms with Crippen molar-refractivity contribution in [1.29, 1.82) is 0 Å². The zero-order chi connectivity index (χ0) is 11.7. The molecule has 88 valence electrons. The summed E-state index contributed by atoms with van der Waals surface area (Å²) in [4.78, 5) is 11.7. The summed E-state index contributed by atoms with van der Waals surface area (Å²) < 4.78 is 5.10. The normalized spacial score (nSPS) is 24.9. The van der Waals surface area contributed by atoms with Crippen LogP contribution in [-0.2, 0) is 9.53 Å². The fourth-order valence-electron chi connectivity index (χ4n) is 2.75. The zero-order valence-electron chi connectivity index (χ0n) is 10.5. The Bertz CT molecular complexity index is 230. The van der Waals surface area contributed by atoms with Crippen molar-refractivity contribution in [2.75, 3.05) is 6.61 Å². The third-order valence-corrected chi connectivity index (χ3v) is 2.81. The van der Waals surface area contributed by atoms with Gasteiger partial charge in [0.15, 0.2) is 0 Å². The number of carbonyl (C=O) groups is 1. The van der Waals surface area contributed by atoms with E-state index in [0.29, 0.717) is 6.61 Å². The highest BCUT2D eigenvalue weighted by molar-refractivity contribution is 5.73. The molecule has 3 nitrogen and oxygen atoms in total. The first-order chi connectivity index (χ1) is 6.76. The van der Waals surface area contributed by atoms with Gasteiger partial charge in [0, 0.05) is 11.1 Å². The van der Waals surface area contributed by atoms with Crippen LogP contribution >= 0.6 is 0 Å². The summed E-state index contributed by atoms with van der Waals surface area (Å²) >= 11 is 0. The largest absolute Gasteiger partial charge is 0.466 e. The van der Waals surface area contributed by atoms with E-state index in [1.807, 2.05) is 6.92 Å². The van der Waals surface area contributed by atoms with E-state index < -0.39 is 0 Å². The molecule has 0 aromatic rings. The molecule has 1 N–H and O–H groups in total. The van der Waals surface area contributed by atoms with Crippen LogP contribution in [0, 0.1) is 5.92 Å². The van der Waals surface area contributed by atoms with Gasteiger partial charge >= 0.3 is 5.97 Å². The lowest BCUT2D eigenvalue weighted by Crippen LogP contribution is -2.59. The highest BCUT2D eigenvalue weighted by Gasteiger charge is 2.40. The molecule has 0 unspecified atom stereocenters. The van der Waals surface area contributed by atoms with Gasteiger partial charge in [-0.3, -0.25) is 4.79 Å². The molecule has 1 saturated heterocycles. The van der Waals surface area contributed by atoms with Crippen molar-refractivity contribution in [3.05, 3.63) is 0 Å². The minimum atomic E-state index is -0.0415. The SMILES string of the molecule is CCOC(=O)C1CC(C)(C)NC(C)(C)C1. The van der Waals surface area contributed by atoms with Gasteiger partial charge in [-0.25, -0.2) is 0 Å². The number of hydrogen-bond acceptors (Lipinski definition) is 3. The average Bonchev–Trinajstić information content (AvgIpc) is 1.98. The van der Waals surface area contributed by atoms with Gasteiger partial charge in [0.05, 0.1) is 12.5 Å². The Morgan fingerprint density at radius 2 is 1.73 bits per heavy atom. The highest BCUT2D eigenvalue weighted by atomic mass is 16.5. The van der Waals surface area contributed by atoms with Gasteiger partial charge in [0.2, 0.25) is 0 Å². The van der Waals surface area contributed by atoms with Gasteiger partial charge in [-0.05, 0) is 47.5 Å². The summed E-state index contributed by atoms with van der Waals surface area (Å²) in [6, 6.07) is 0. The van der Waals surface area contributed by atoms with Crippen LogP contribution in [0.2, 0.25) is 0 Å². The van der Waals surface area contributed by atoms with Gasteiger partial charge in [-0.15, -0.1) is 0 Å². The predicted octanol–water partition coefficient (Wildman–Crippen LogP) is 2.11. The van der Waals surface area contributed by atoms with E-state index in [4.69, 9.17) is 4.74 Å². The number of esters is 1. The molecule has 1 aliphatic rings. The first-order valence-electron chi connectivity index (χ1n) is 5.72. The Morgan fingerprint density at radius 1 is 1.27 bits per heavy atom. The van der Waals surface area contributed by atoms with Crippen molar-refractivity contribution in [2.45, 2.75) is 58.5 Å². The summed E-state index contributed by atoms with van der Waals surface area (Å²) in [5, 5.41) is 3.55. The van der Waals surface area contributed by atoms with Crippen LogP contribution in [0.15, 0.2) is 0 Å². The zero-order valence-corrected chi connectivity index (χ0v) is 10.5. The molecule has 0 aromatic heterocycles. The number of nitrogens with one attached hydrogen (secondary N) is 1. The number of ether oxygens (including phenoxy) is 1. The molecule has 0 spiro atoms. The number of carbonyl (C=O) groups excluding carboxylic acids is 1. The Kier molecular flexibility index (Phi) is 3.44. The third-order valence-electron chi connectivity index (χ3n) is 2.81. The average molecular weight is 213 g/mol. The van der Waals surface area contributed by atoms with Crippen LogP contribution in [0.5, 0.6) is 0 Å². The van der Waals surface area contributed by atoms with Crippen LogP contribution in [0.4, 0.5) is 0 Å². The second-order valence-electron chi connectivity index (χ2n) is 5.75. The standard InChI is InChI=1S/C12H23NO2/c1-6-15-10(14)9-7-11(2,3)13-12(4,5)8-9/h9,13H,6-8H2,1-5H3. The topological polar surface area (TPSA) is 38.3 Å². The van der Waals surface area contributed by atoms with Gasteiger partial charge in [-0.1, -0.05) is 0 Å². The maximum Gasteiger partial charge on any atom is 0.309 e. The minimum absolute atomic E-state index is 0.0131. The van der Waals surface area contributed by atoms with Crippen LogP contribution < -0.4 is 5.32 Å². The molecular weight excluding hydrogens is 190 g/mol. The summed E-state index contributed by atoms with van der Waals surface area (Å²) in [6.45, 7) is 10.9. The summed E-state index contributed by atoms with van der Waals surface area (Å²) in [6.07, 6.45) is 1.71. The summed E-state index contributed by atoms with van der Waals surface area (Å²) in [7, 11) is 0. The fraction of sp³-hybridized carbons (Fsp3) is 0.917. The third kappa shape index (κ3) is 3.49. The molecule has 15 heavy (non-hydrogen) atoms. The van der Waals surface area contributed by atoms with Gasteiger partial charge in [-0.2, -0.15) is 0 Å². The van der Waals surface area contributed by atoms with E-state index in [2.05, 4.69) is 33.0 Å². The molecule has 0 bridgehead atoms. The van der Waals surface area contributed by atoms with E-state index in [1.165, 1.54) is 0 Å². The molecule has 0 radical (unpaired) electrons. The van der Waals surface area contributed by atoms with Crippen LogP contribution in [0.3, 0.4) is 0 Å². The predicted molar refractivity (Wildman–Crippen MR) is 60.7 cm³/mol. The second kappa shape index (κ2) is 4.12. The lowest BCUT2D eigenvalue weighted by atomic mass is 9.76. The first-order valence-corrected chi connectivity index (χ1v) is 5.72. The van der Waals surface area contributed by atoms with Crippen LogP contribution in [0.1, 0.15) is 47.5 Å². The molecule has 0 aliphatic carbocycles. The minimum Gasteiger partial charge on any atom is -0.466 e. The van der Waals surface area contributed by atoms with Crippen molar-refractivity contribution in [3.63, 3.8) is 0 Å². The van der Waals surface area contributed by atoms with Crippen molar-refractivity contribution in [2.24, 2.45) is 5.92 Å². The summed E-state index contributed by atoms with van der Waals surface area (Å²) in [5.41, 5.74) is 0.0261. The van der Waals surface area contributed by atoms with E-state index in [-0.39, 0.29) is 23.0 Å². The molecule has 0 amide bonds. The van der Waals surface area contributed by atoms with Gasteiger partial charge in [0.25, 0.3) is 0 Å². The first kappa shape index (κ1) is 12.5. The van der Waals surface area contributed by atoms with E-state index in [1.54, 1.807) is 0 Å². The molecule has 1 rings (SSSR count). The second-order valence-corrected chi connectivity index (χ2v) is 5.75. The van der Waals surface area contributed by atoms with E-state index >= 15 is 0 Å². The Labute approximate surface area is 92.6 Å². The lowest BCUT2D eigenvalue weighted by molar-refractivity contribution is -0.151. The van der Waals surface area contributed by atoms with Crippen molar-refractivity contribution in [1.82, 2.24) is 5.32 Å². The molecule has 0 saturated carbocycles. The molecule has 0 atom stereocenters. The van der Waals surface area contributed by atoms with Gasteiger partial charge < -0.3 is 10.1 Å². The lowest BCUT2D eigenvalue weighted by Gasteiger charge is -2.45. The quantitative estimate of drug-likeness (QED) is 0.714. The fourth-order valence-corrected chi connectivity index (χ4v) is 2.75. The monoisotopic (exact) mass is 213 g/mol. The molecule has 1 fully saturated rings. The van der Waals surface area contributed by atoms with Crippen LogP contribution in [0.25, 0.3) is 0 Å². The maximum atomic E-state index is 11.7. The van der Waals surface area contributed by atoms with Crippen molar-refractivity contribution in [3.8, 4) is 0 Å². The number of piperidine rings is 1. The van der Waals surface area contributed by atoms with Crippen LogP contribution in [-0.4, -0.2) is 23.7 Å². The van der Waals surface area contributed by atoms with Crippen molar-refractivity contribution >= 4 is 5.97 Å². The number of rotatable bonds is 2. The molecule has 3 heteroatoms. The smallest absolute Gasteiger partial charge is 0.309 e. The Balaban J connectivity index is 2.71.